The maximum atomic E-state index is 11.5. The molecule has 19 heavy (non-hydrogen) atoms. The van der Waals surface area contributed by atoms with Crippen LogP contribution in [0.3, 0.4) is 0 Å². The predicted molar refractivity (Wildman–Crippen MR) is 73.8 cm³/mol. The molecule has 0 unspecified atom stereocenters. The zero-order chi connectivity index (χ0) is 14.1. The van der Waals surface area contributed by atoms with Gasteiger partial charge in [0, 0.05) is 32.0 Å². The number of aromatic nitrogens is 2. The lowest BCUT2D eigenvalue weighted by molar-refractivity contribution is 0.0349. The van der Waals surface area contributed by atoms with Gasteiger partial charge in [-0.25, -0.2) is 4.79 Å². The SMILES string of the molecule is CCC(O)(CC)CNC(=O)NCCCn1cccn1. The molecule has 2 amide bonds. The van der Waals surface area contributed by atoms with Crippen molar-refractivity contribution in [2.24, 2.45) is 0 Å². The number of nitrogens with zero attached hydrogens (tertiary/aromatic N) is 2. The Morgan fingerprint density at radius 2 is 2.11 bits per heavy atom. The Morgan fingerprint density at radius 3 is 2.68 bits per heavy atom. The molecule has 6 nitrogen and oxygen atoms in total. The number of amides is 2. The average molecular weight is 268 g/mol. The third kappa shape index (κ3) is 5.74. The summed E-state index contributed by atoms with van der Waals surface area (Å²) in [4.78, 5) is 11.5. The van der Waals surface area contributed by atoms with Crippen molar-refractivity contribution in [2.45, 2.75) is 45.3 Å². The zero-order valence-corrected chi connectivity index (χ0v) is 11.7. The summed E-state index contributed by atoms with van der Waals surface area (Å²) in [7, 11) is 0. The second-order valence-corrected chi connectivity index (χ2v) is 4.66. The molecular formula is C13H24N4O2. The minimum atomic E-state index is -0.799. The summed E-state index contributed by atoms with van der Waals surface area (Å²) in [6, 6.07) is 1.64. The second-order valence-electron chi connectivity index (χ2n) is 4.66. The van der Waals surface area contributed by atoms with E-state index in [1.54, 1.807) is 6.20 Å². The van der Waals surface area contributed by atoms with Crippen molar-refractivity contribution < 1.29 is 9.90 Å². The van der Waals surface area contributed by atoms with E-state index in [4.69, 9.17) is 0 Å². The normalized spacial score (nSPS) is 11.3. The molecule has 108 valence electrons. The van der Waals surface area contributed by atoms with Gasteiger partial charge in [-0.2, -0.15) is 5.10 Å². The quantitative estimate of drug-likeness (QED) is 0.618. The number of carbonyl (C=O) groups is 1. The molecule has 0 saturated carbocycles. The van der Waals surface area contributed by atoms with Crippen LogP contribution in [0.15, 0.2) is 18.5 Å². The number of aliphatic hydroxyl groups is 1. The standard InChI is InChI=1S/C13H24N4O2/c1-3-13(19,4-2)11-15-12(18)14-7-5-9-17-10-6-8-16-17/h6,8,10,19H,3-5,7,9,11H2,1-2H3,(H2,14,15,18). The smallest absolute Gasteiger partial charge is 0.314 e. The second kappa shape index (κ2) is 7.78. The Morgan fingerprint density at radius 1 is 1.37 bits per heavy atom. The van der Waals surface area contributed by atoms with Crippen LogP contribution >= 0.6 is 0 Å². The Bertz CT molecular complexity index is 361. The monoisotopic (exact) mass is 268 g/mol. The van der Waals surface area contributed by atoms with Crippen LogP contribution < -0.4 is 10.6 Å². The maximum Gasteiger partial charge on any atom is 0.314 e. The third-order valence-corrected chi connectivity index (χ3v) is 3.30. The summed E-state index contributed by atoms with van der Waals surface area (Å²) in [5.41, 5.74) is -0.799. The van der Waals surface area contributed by atoms with Crippen LogP contribution in [0.5, 0.6) is 0 Å². The van der Waals surface area contributed by atoms with Crippen molar-refractivity contribution in [3.05, 3.63) is 18.5 Å². The minimum Gasteiger partial charge on any atom is -0.388 e. The minimum absolute atomic E-state index is 0.235. The molecule has 0 fully saturated rings. The van der Waals surface area contributed by atoms with Crippen LogP contribution in [0.1, 0.15) is 33.1 Å². The maximum absolute atomic E-state index is 11.5. The summed E-state index contributed by atoms with van der Waals surface area (Å²) in [5, 5.41) is 19.6. The van der Waals surface area contributed by atoms with Crippen LogP contribution in [0.4, 0.5) is 4.79 Å². The van der Waals surface area contributed by atoms with E-state index in [9.17, 15) is 9.90 Å². The lowest BCUT2D eigenvalue weighted by Crippen LogP contribution is -2.46. The first-order chi connectivity index (χ1) is 9.09. The van der Waals surface area contributed by atoms with Gasteiger partial charge >= 0.3 is 6.03 Å². The van der Waals surface area contributed by atoms with E-state index >= 15 is 0 Å². The molecule has 0 atom stereocenters. The zero-order valence-electron chi connectivity index (χ0n) is 11.7. The molecule has 0 spiro atoms. The lowest BCUT2D eigenvalue weighted by atomic mass is 9.98. The van der Waals surface area contributed by atoms with Gasteiger partial charge in [-0.05, 0) is 25.3 Å². The van der Waals surface area contributed by atoms with Crippen molar-refractivity contribution in [2.75, 3.05) is 13.1 Å². The highest BCUT2D eigenvalue weighted by atomic mass is 16.3. The number of aryl methyl sites for hydroxylation is 1. The lowest BCUT2D eigenvalue weighted by Gasteiger charge is -2.25. The topological polar surface area (TPSA) is 79.2 Å². The van der Waals surface area contributed by atoms with Crippen LogP contribution in [0.25, 0.3) is 0 Å². The molecule has 1 rings (SSSR count). The van der Waals surface area contributed by atoms with E-state index < -0.39 is 5.60 Å². The van der Waals surface area contributed by atoms with Crippen LogP contribution in [0.2, 0.25) is 0 Å². The predicted octanol–water partition coefficient (Wildman–Crippen LogP) is 1.12. The highest BCUT2D eigenvalue weighted by molar-refractivity contribution is 5.73. The molecule has 6 heteroatoms. The Labute approximate surface area is 114 Å². The van der Waals surface area contributed by atoms with E-state index in [0.29, 0.717) is 19.4 Å². The molecule has 0 aliphatic carbocycles. The van der Waals surface area contributed by atoms with Crippen molar-refractivity contribution in [3.8, 4) is 0 Å². The van der Waals surface area contributed by atoms with Crippen molar-refractivity contribution in [1.29, 1.82) is 0 Å². The van der Waals surface area contributed by atoms with Gasteiger partial charge in [0.1, 0.15) is 0 Å². The van der Waals surface area contributed by atoms with E-state index in [1.807, 2.05) is 30.8 Å². The summed E-state index contributed by atoms with van der Waals surface area (Å²) in [6.07, 6.45) is 5.70. The molecule has 0 aliphatic heterocycles. The Balaban J connectivity index is 2.11. The molecule has 0 saturated heterocycles. The summed E-state index contributed by atoms with van der Waals surface area (Å²) < 4.78 is 1.83. The fourth-order valence-electron chi connectivity index (χ4n) is 1.68. The summed E-state index contributed by atoms with van der Waals surface area (Å²) in [5.74, 6) is 0. The molecule has 3 N–H and O–H groups in total. The fourth-order valence-corrected chi connectivity index (χ4v) is 1.68. The van der Waals surface area contributed by atoms with Gasteiger partial charge in [-0.3, -0.25) is 4.68 Å². The molecule has 1 heterocycles. The highest BCUT2D eigenvalue weighted by Crippen LogP contribution is 2.12. The molecule has 0 aromatic carbocycles. The number of urea groups is 1. The van der Waals surface area contributed by atoms with Crippen LogP contribution in [0, 0.1) is 0 Å². The number of hydrogen-bond donors (Lipinski definition) is 3. The number of hydrogen-bond acceptors (Lipinski definition) is 3. The van der Waals surface area contributed by atoms with E-state index in [1.165, 1.54) is 0 Å². The highest BCUT2D eigenvalue weighted by Gasteiger charge is 2.22. The molecule has 0 radical (unpaired) electrons. The first-order valence-electron chi connectivity index (χ1n) is 6.81. The van der Waals surface area contributed by atoms with Crippen LogP contribution in [-0.4, -0.2) is 39.6 Å². The van der Waals surface area contributed by atoms with E-state index in [2.05, 4.69) is 15.7 Å². The fraction of sp³-hybridized carbons (Fsp3) is 0.692. The van der Waals surface area contributed by atoms with Crippen molar-refractivity contribution in [3.63, 3.8) is 0 Å². The average Bonchev–Trinajstić information content (AvgIpc) is 2.94. The number of nitrogens with one attached hydrogen (secondary N) is 2. The number of carbonyl (C=O) groups excluding carboxylic acids is 1. The van der Waals surface area contributed by atoms with E-state index in [0.717, 1.165) is 13.0 Å². The summed E-state index contributed by atoms with van der Waals surface area (Å²) in [6.45, 7) is 5.47. The molecule has 1 aromatic rings. The van der Waals surface area contributed by atoms with Gasteiger partial charge < -0.3 is 15.7 Å². The molecular weight excluding hydrogens is 244 g/mol. The van der Waals surface area contributed by atoms with Gasteiger partial charge in [-0.15, -0.1) is 0 Å². The van der Waals surface area contributed by atoms with Crippen LogP contribution in [-0.2, 0) is 6.54 Å². The molecule has 0 aliphatic rings. The third-order valence-electron chi connectivity index (χ3n) is 3.30. The van der Waals surface area contributed by atoms with Gasteiger partial charge in [0.25, 0.3) is 0 Å². The largest absolute Gasteiger partial charge is 0.388 e. The van der Waals surface area contributed by atoms with Crippen molar-refractivity contribution in [1.82, 2.24) is 20.4 Å². The first-order valence-corrected chi connectivity index (χ1v) is 6.81. The Kier molecular flexibility index (Phi) is 6.35. The van der Waals surface area contributed by atoms with E-state index in [-0.39, 0.29) is 12.6 Å². The first kappa shape index (κ1) is 15.5. The number of rotatable bonds is 8. The van der Waals surface area contributed by atoms with Gasteiger partial charge in [0.2, 0.25) is 0 Å². The Hall–Kier alpha value is -1.56. The van der Waals surface area contributed by atoms with Gasteiger partial charge in [0.15, 0.2) is 0 Å². The summed E-state index contributed by atoms with van der Waals surface area (Å²) >= 11 is 0. The van der Waals surface area contributed by atoms with Gasteiger partial charge in [0.05, 0.1) is 5.60 Å². The molecule has 1 aromatic heterocycles. The molecule has 0 bridgehead atoms. The van der Waals surface area contributed by atoms with Gasteiger partial charge in [-0.1, -0.05) is 13.8 Å². The van der Waals surface area contributed by atoms with Crippen molar-refractivity contribution >= 4 is 6.03 Å².